The molecule has 0 spiro atoms. The fraction of sp³-hybridized carbons (Fsp3) is 0.350. The molecule has 0 fully saturated rings. The SMILES string of the molecule is O=COCc1ccc2c(c1)CCN2Cc1ccc(C(O)(C(F)(F)F)C(F)(F)F)cc1. The number of hydrogen-bond donors (Lipinski definition) is 1. The quantitative estimate of drug-likeness (QED) is 0.547. The van der Waals surface area contributed by atoms with Crippen LogP contribution in [0.4, 0.5) is 32.0 Å². The molecule has 3 rings (SSSR count). The number of fused-ring (bicyclic) bond motifs is 1. The molecule has 162 valence electrons. The van der Waals surface area contributed by atoms with Crippen LogP contribution in [0, 0.1) is 0 Å². The summed E-state index contributed by atoms with van der Waals surface area (Å²) in [5, 5.41) is 9.46. The van der Waals surface area contributed by atoms with Gasteiger partial charge in [-0.05, 0) is 29.2 Å². The van der Waals surface area contributed by atoms with Crippen molar-refractivity contribution >= 4 is 12.2 Å². The van der Waals surface area contributed by atoms with E-state index in [9.17, 15) is 36.2 Å². The maximum Gasteiger partial charge on any atom is 0.430 e. The molecule has 2 aromatic carbocycles. The molecule has 10 heteroatoms. The number of anilines is 1. The molecule has 0 unspecified atom stereocenters. The van der Waals surface area contributed by atoms with Crippen molar-refractivity contribution in [1.29, 1.82) is 0 Å². The second-order valence-electron chi connectivity index (χ2n) is 6.94. The molecule has 0 atom stereocenters. The van der Waals surface area contributed by atoms with Crippen LogP contribution in [0.1, 0.15) is 22.3 Å². The Morgan fingerprint density at radius 3 is 2.13 bits per heavy atom. The van der Waals surface area contributed by atoms with Gasteiger partial charge in [0.2, 0.25) is 0 Å². The maximum absolute atomic E-state index is 13.0. The minimum absolute atomic E-state index is 0.138. The number of halogens is 6. The first-order valence-electron chi connectivity index (χ1n) is 8.84. The molecule has 4 nitrogen and oxygen atoms in total. The standard InChI is InChI=1S/C20H17F6NO3/c21-19(22,23)18(29,20(24,25)26)16-4-1-13(2-5-16)10-27-8-7-15-9-14(11-30-12-28)3-6-17(15)27/h1-6,9,12,29H,7-8,10-11H2. The van der Waals surface area contributed by atoms with E-state index in [4.69, 9.17) is 4.74 Å². The largest absolute Gasteiger partial charge is 0.463 e. The van der Waals surface area contributed by atoms with Crippen LogP contribution >= 0.6 is 0 Å². The van der Waals surface area contributed by atoms with Crippen LogP contribution in [0.2, 0.25) is 0 Å². The zero-order valence-electron chi connectivity index (χ0n) is 15.4. The zero-order chi connectivity index (χ0) is 22.2. The summed E-state index contributed by atoms with van der Waals surface area (Å²) >= 11 is 0. The second-order valence-corrected chi connectivity index (χ2v) is 6.94. The van der Waals surface area contributed by atoms with Crippen molar-refractivity contribution < 1.29 is 41.0 Å². The smallest absolute Gasteiger partial charge is 0.430 e. The van der Waals surface area contributed by atoms with Gasteiger partial charge in [0.25, 0.3) is 12.1 Å². The average molecular weight is 433 g/mol. The summed E-state index contributed by atoms with van der Waals surface area (Å²) in [5.74, 6) is 0. The summed E-state index contributed by atoms with van der Waals surface area (Å²) < 4.78 is 82.6. The van der Waals surface area contributed by atoms with Gasteiger partial charge < -0.3 is 14.7 Å². The van der Waals surface area contributed by atoms with Gasteiger partial charge in [-0.25, -0.2) is 0 Å². The Balaban J connectivity index is 1.79. The molecule has 0 radical (unpaired) electrons. The Kier molecular flexibility index (Phi) is 5.72. The van der Waals surface area contributed by atoms with Crippen molar-refractivity contribution in [2.75, 3.05) is 11.4 Å². The van der Waals surface area contributed by atoms with Crippen LogP contribution in [0.3, 0.4) is 0 Å². The van der Waals surface area contributed by atoms with Gasteiger partial charge in [0.15, 0.2) is 0 Å². The molecule has 2 aromatic rings. The third-order valence-corrected chi connectivity index (χ3v) is 5.02. The molecule has 0 aliphatic carbocycles. The first kappa shape index (κ1) is 21.9. The lowest BCUT2D eigenvalue weighted by Crippen LogP contribution is -2.53. The summed E-state index contributed by atoms with van der Waals surface area (Å²) in [6.45, 7) is 1.37. The van der Waals surface area contributed by atoms with Crippen LogP contribution in [0.15, 0.2) is 42.5 Å². The summed E-state index contributed by atoms with van der Waals surface area (Å²) in [4.78, 5) is 12.2. The Hall–Kier alpha value is -2.75. The Morgan fingerprint density at radius 2 is 1.57 bits per heavy atom. The molecular weight excluding hydrogens is 416 g/mol. The van der Waals surface area contributed by atoms with Gasteiger partial charge in [-0.15, -0.1) is 0 Å². The van der Waals surface area contributed by atoms with Crippen LogP contribution < -0.4 is 4.90 Å². The Bertz CT molecular complexity index is 894. The van der Waals surface area contributed by atoms with E-state index in [1.807, 2.05) is 17.0 Å². The first-order valence-corrected chi connectivity index (χ1v) is 8.84. The molecule has 1 aliphatic heterocycles. The van der Waals surface area contributed by atoms with Crippen LogP contribution in [0.25, 0.3) is 0 Å². The highest BCUT2D eigenvalue weighted by Gasteiger charge is 2.71. The number of carbonyl (C=O) groups excluding carboxylic acids is 1. The van der Waals surface area contributed by atoms with Crippen molar-refractivity contribution in [3.05, 3.63) is 64.7 Å². The molecule has 0 saturated heterocycles. The summed E-state index contributed by atoms with van der Waals surface area (Å²) in [6, 6.07) is 9.06. The molecule has 1 aliphatic rings. The number of carbonyl (C=O) groups is 1. The number of aliphatic hydroxyl groups is 1. The van der Waals surface area contributed by atoms with Gasteiger partial charge >= 0.3 is 12.4 Å². The Morgan fingerprint density at radius 1 is 0.967 bits per heavy atom. The van der Waals surface area contributed by atoms with Crippen LogP contribution in [0.5, 0.6) is 0 Å². The summed E-state index contributed by atoms with van der Waals surface area (Å²) in [5.41, 5.74) is -3.03. The highest BCUT2D eigenvalue weighted by Crippen LogP contribution is 2.50. The number of ether oxygens (including phenoxy) is 1. The van der Waals surface area contributed by atoms with Gasteiger partial charge in [-0.1, -0.05) is 36.4 Å². The number of nitrogens with zero attached hydrogens (tertiary/aromatic N) is 1. The topological polar surface area (TPSA) is 49.8 Å². The lowest BCUT2D eigenvalue weighted by Gasteiger charge is -2.32. The second kappa shape index (κ2) is 7.82. The highest BCUT2D eigenvalue weighted by molar-refractivity contribution is 5.59. The predicted octanol–water partition coefficient (Wildman–Crippen LogP) is 4.23. The van der Waals surface area contributed by atoms with Gasteiger partial charge in [-0.2, -0.15) is 26.3 Å². The number of benzene rings is 2. The minimum atomic E-state index is -5.91. The summed E-state index contributed by atoms with van der Waals surface area (Å²) in [6.07, 6.45) is -11.1. The van der Waals surface area contributed by atoms with Crippen molar-refractivity contribution in [2.45, 2.75) is 37.5 Å². The van der Waals surface area contributed by atoms with Crippen molar-refractivity contribution in [3.8, 4) is 0 Å². The van der Waals surface area contributed by atoms with E-state index >= 15 is 0 Å². The van der Waals surface area contributed by atoms with Crippen molar-refractivity contribution in [2.24, 2.45) is 0 Å². The van der Waals surface area contributed by atoms with Crippen LogP contribution in [-0.2, 0) is 34.7 Å². The minimum Gasteiger partial charge on any atom is -0.463 e. The summed E-state index contributed by atoms with van der Waals surface area (Å²) in [7, 11) is 0. The van der Waals surface area contributed by atoms with Crippen LogP contribution in [-0.4, -0.2) is 30.5 Å². The number of rotatable bonds is 6. The van der Waals surface area contributed by atoms with E-state index < -0.39 is 23.5 Å². The fourth-order valence-corrected chi connectivity index (χ4v) is 3.47. The lowest BCUT2D eigenvalue weighted by molar-refractivity contribution is -0.376. The van der Waals surface area contributed by atoms with Gasteiger partial charge in [0, 0.05) is 24.3 Å². The fourth-order valence-electron chi connectivity index (χ4n) is 3.47. The third-order valence-electron chi connectivity index (χ3n) is 5.02. The van der Waals surface area contributed by atoms with E-state index in [1.165, 1.54) is 0 Å². The number of hydrogen-bond acceptors (Lipinski definition) is 4. The third kappa shape index (κ3) is 3.96. The molecule has 1 heterocycles. The molecule has 30 heavy (non-hydrogen) atoms. The van der Waals surface area contributed by atoms with Crippen molar-refractivity contribution in [1.82, 2.24) is 0 Å². The molecule has 0 aromatic heterocycles. The lowest BCUT2D eigenvalue weighted by atomic mass is 9.91. The molecule has 0 amide bonds. The van der Waals surface area contributed by atoms with Gasteiger partial charge in [-0.3, -0.25) is 4.79 Å². The average Bonchev–Trinajstić information content (AvgIpc) is 3.06. The first-order chi connectivity index (χ1) is 14.0. The normalized spacial score (nSPS) is 14.6. The van der Waals surface area contributed by atoms with E-state index in [2.05, 4.69) is 0 Å². The number of alkyl halides is 6. The van der Waals surface area contributed by atoms with Gasteiger partial charge in [0.05, 0.1) is 0 Å². The predicted molar refractivity (Wildman–Crippen MR) is 94.5 cm³/mol. The van der Waals surface area contributed by atoms with E-state index in [-0.39, 0.29) is 13.2 Å². The van der Waals surface area contributed by atoms with Gasteiger partial charge in [0.1, 0.15) is 6.61 Å². The van der Waals surface area contributed by atoms with Crippen molar-refractivity contribution in [3.63, 3.8) is 0 Å². The zero-order valence-corrected chi connectivity index (χ0v) is 15.4. The molecule has 0 saturated carbocycles. The Labute approximate surface area is 167 Å². The monoisotopic (exact) mass is 433 g/mol. The molecule has 1 N–H and O–H groups in total. The molecule has 0 bridgehead atoms. The molecular formula is C20H17F6NO3. The highest BCUT2D eigenvalue weighted by atomic mass is 19.4. The van der Waals surface area contributed by atoms with E-state index in [1.54, 1.807) is 6.07 Å². The maximum atomic E-state index is 13.0. The van der Waals surface area contributed by atoms with E-state index in [0.717, 1.165) is 28.9 Å². The van der Waals surface area contributed by atoms with E-state index in [0.29, 0.717) is 37.1 Å².